The van der Waals surface area contributed by atoms with Gasteiger partial charge in [-0.05, 0) is 35.1 Å². The van der Waals surface area contributed by atoms with Crippen molar-refractivity contribution in [3.63, 3.8) is 0 Å². The Bertz CT molecular complexity index is 914. The average Bonchev–Trinajstić information content (AvgIpc) is 3.13. The van der Waals surface area contributed by atoms with E-state index in [4.69, 9.17) is 19.3 Å². The maximum atomic E-state index is 12.1. The van der Waals surface area contributed by atoms with Crippen molar-refractivity contribution in [1.82, 2.24) is 5.32 Å². The van der Waals surface area contributed by atoms with Crippen molar-refractivity contribution in [3.05, 3.63) is 59.7 Å². The molecule has 0 aliphatic heterocycles. The Balaban J connectivity index is 1.26. The van der Waals surface area contributed by atoms with E-state index in [0.29, 0.717) is 12.8 Å². The van der Waals surface area contributed by atoms with Crippen molar-refractivity contribution in [1.29, 1.82) is 0 Å². The molecule has 0 aromatic heterocycles. The molecule has 8 nitrogen and oxygen atoms in total. The summed E-state index contributed by atoms with van der Waals surface area (Å²) >= 11 is 0. The monoisotopic (exact) mass is 455 g/mol. The van der Waals surface area contributed by atoms with Crippen LogP contribution in [0.15, 0.2) is 48.5 Å². The van der Waals surface area contributed by atoms with E-state index in [0.717, 1.165) is 11.1 Å². The number of esters is 1. The lowest BCUT2D eigenvalue weighted by Crippen LogP contribution is -2.29. The number of ether oxygens (including phenoxy) is 3. The van der Waals surface area contributed by atoms with Crippen LogP contribution in [0.3, 0.4) is 0 Å². The van der Waals surface area contributed by atoms with Crippen LogP contribution in [0.2, 0.25) is 0 Å². The molecular formula is C25H29NO7. The van der Waals surface area contributed by atoms with Gasteiger partial charge in [-0.3, -0.25) is 9.59 Å². The Morgan fingerprint density at radius 3 is 2.12 bits per heavy atom. The number of nitrogens with one attached hydrogen (secondary N) is 1. The Labute approximate surface area is 192 Å². The van der Waals surface area contributed by atoms with Crippen molar-refractivity contribution in [2.45, 2.75) is 31.6 Å². The summed E-state index contributed by atoms with van der Waals surface area (Å²) in [5, 5.41) is 11.2. The number of fused-ring (bicyclic) bond motifs is 3. The van der Waals surface area contributed by atoms with Gasteiger partial charge in [0.2, 0.25) is 0 Å². The number of hydrogen-bond acceptors (Lipinski definition) is 6. The van der Waals surface area contributed by atoms with E-state index in [2.05, 4.69) is 29.6 Å². The van der Waals surface area contributed by atoms with Crippen LogP contribution in [-0.4, -0.2) is 56.1 Å². The average molecular weight is 456 g/mol. The van der Waals surface area contributed by atoms with Crippen molar-refractivity contribution < 1.29 is 33.7 Å². The van der Waals surface area contributed by atoms with E-state index < -0.39 is 12.1 Å². The molecule has 0 fully saturated rings. The number of benzene rings is 2. The highest BCUT2D eigenvalue weighted by Crippen LogP contribution is 2.44. The predicted octanol–water partition coefficient (Wildman–Crippen LogP) is 3.73. The van der Waals surface area contributed by atoms with Crippen molar-refractivity contribution in [3.8, 4) is 11.1 Å². The third kappa shape index (κ3) is 7.32. The molecular weight excluding hydrogens is 426 g/mol. The summed E-state index contributed by atoms with van der Waals surface area (Å²) in [6, 6.07) is 16.3. The summed E-state index contributed by atoms with van der Waals surface area (Å²) in [5.74, 6) is -1.23. The largest absolute Gasteiger partial charge is 0.481 e. The number of carboxylic acids is 1. The molecule has 0 saturated carbocycles. The van der Waals surface area contributed by atoms with E-state index in [1.165, 1.54) is 11.1 Å². The lowest BCUT2D eigenvalue weighted by Gasteiger charge is -2.14. The fraction of sp³-hybridized carbons (Fsp3) is 0.400. The van der Waals surface area contributed by atoms with Gasteiger partial charge < -0.3 is 24.6 Å². The molecule has 3 rings (SSSR count). The zero-order valence-corrected chi connectivity index (χ0v) is 18.5. The Kier molecular flexibility index (Phi) is 9.26. The number of carboxylic acid groups (broad SMARTS) is 1. The zero-order chi connectivity index (χ0) is 23.5. The van der Waals surface area contributed by atoms with Crippen LogP contribution in [0.5, 0.6) is 0 Å². The van der Waals surface area contributed by atoms with Crippen molar-refractivity contribution >= 4 is 18.0 Å². The lowest BCUT2D eigenvalue weighted by atomic mass is 9.98. The van der Waals surface area contributed by atoms with Crippen LogP contribution in [0.25, 0.3) is 11.1 Å². The standard InChI is InChI=1S/C25H29NO7/c27-23(28)11-5-6-12-24(29)32-16-15-31-14-13-26-25(30)33-17-22-20-9-3-1-7-18(20)19-8-2-4-10-21(19)22/h1-4,7-10,22H,5-6,11-17H2,(H,26,30)(H,27,28). The van der Waals surface area contributed by atoms with Gasteiger partial charge in [0.25, 0.3) is 0 Å². The third-order valence-corrected chi connectivity index (χ3v) is 5.37. The van der Waals surface area contributed by atoms with Crippen molar-refractivity contribution in [2.24, 2.45) is 0 Å². The molecule has 1 aliphatic rings. The maximum absolute atomic E-state index is 12.1. The molecule has 2 N–H and O–H groups in total. The minimum atomic E-state index is -0.872. The van der Waals surface area contributed by atoms with Gasteiger partial charge in [-0.15, -0.1) is 0 Å². The normalized spacial score (nSPS) is 12.0. The first-order valence-corrected chi connectivity index (χ1v) is 11.1. The molecule has 0 saturated heterocycles. The lowest BCUT2D eigenvalue weighted by molar-refractivity contribution is -0.145. The number of amides is 1. The van der Waals surface area contributed by atoms with Crippen LogP contribution in [-0.2, 0) is 23.8 Å². The van der Waals surface area contributed by atoms with E-state index >= 15 is 0 Å². The first-order chi connectivity index (χ1) is 16.1. The van der Waals surface area contributed by atoms with E-state index in [9.17, 15) is 14.4 Å². The number of carbonyl (C=O) groups is 3. The molecule has 0 radical (unpaired) electrons. The molecule has 33 heavy (non-hydrogen) atoms. The van der Waals surface area contributed by atoms with Crippen LogP contribution >= 0.6 is 0 Å². The number of rotatable bonds is 13. The van der Waals surface area contributed by atoms with Crippen molar-refractivity contribution in [2.75, 3.05) is 33.0 Å². The number of carbonyl (C=O) groups excluding carboxylic acids is 2. The zero-order valence-electron chi connectivity index (χ0n) is 18.5. The van der Waals surface area contributed by atoms with Gasteiger partial charge in [-0.1, -0.05) is 48.5 Å². The minimum Gasteiger partial charge on any atom is -0.481 e. The van der Waals surface area contributed by atoms with Gasteiger partial charge in [0, 0.05) is 25.3 Å². The second-order valence-corrected chi connectivity index (χ2v) is 7.69. The van der Waals surface area contributed by atoms with E-state index in [1.54, 1.807) is 0 Å². The van der Waals surface area contributed by atoms with Gasteiger partial charge in [-0.2, -0.15) is 0 Å². The maximum Gasteiger partial charge on any atom is 0.407 e. The van der Waals surface area contributed by atoms with Gasteiger partial charge in [0.05, 0.1) is 13.2 Å². The molecule has 1 amide bonds. The van der Waals surface area contributed by atoms with Crippen LogP contribution in [0, 0.1) is 0 Å². The van der Waals surface area contributed by atoms with Gasteiger partial charge in [0.1, 0.15) is 13.2 Å². The summed E-state index contributed by atoms with van der Waals surface area (Å²) < 4.78 is 15.8. The molecule has 1 aliphatic carbocycles. The number of alkyl carbamates (subject to hydrolysis) is 1. The molecule has 0 atom stereocenters. The summed E-state index contributed by atoms with van der Waals surface area (Å²) in [7, 11) is 0. The molecule has 0 bridgehead atoms. The smallest absolute Gasteiger partial charge is 0.407 e. The number of aliphatic carboxylic acids is 1. The summed E-state index contributed by atoms with van der Waals surface area (Å²) in [4.78, 5) is 34.0. The molecule has 8 heteroatoms. The fourth-order valence-electron chi connectivity index (χ4n) is 3.81. The van der Waals surface area contributed by atoms with Gasteiger partial charge in [0.15, 0.2) is 0 Å². The van der Waals surface area contributed by atoms with Gasteiger partial charge in [-0.25, -0.2) is 4.79 Å². The first kappa shape index (κ1) is 24.3. The Morgan fingerprint density at radius 2 is 1.45 bits per heavy atom. The summed E-state index contributed by atoms with van der Waals surface area (Å²) in [5.41, 5.74) is 4.67. The highest BCUT2D eigenvalue weighted by molar-refractivity contribution is 5.79. The minimum absolute atomic E-state index is 0.0122. The number of hydrogen-bond donors (Lipinski definition) is 2. The molecule has 2 aromatic carbocycles. The summed E-state index contributed by atoms with van der Waals surface area (Å²) in [6.07, 6.45) is 0.663. The number of unbranched alkanes of at least 4 members (excludes halogenated alkanes) is 1. The van der Waals surface area contributed by atoms with Crippen LogP contribution in [0.4, 0.5) is 4.79 Å². The molecule has 176 valence electrons. The highest BCUT2D eigenvalue weighted by atomic mass is 16.6. The quantitative estimate of drug-likeness (QED) is 0.350. The first-order valence-electron chi connectivity index (χ1n) is 11.1. The predicted molar refractivity (Wildman–Crippen MR) is 121 cm³/mol. The molecule has 0 unspecified atom stereocenters. The van der Waals surface area contributed by atoms with E-state index in [1.807, 2.05) is 24.3 Å². The van der Waals surface area contributed by atoms with Gasteiger partial charge >= 0.3 is 18.0 Å². The molecule has 0 heterocycles. The summed E-state index contributed by atoms with van der Waals surface area (Å²) in [6.45, 7) is 1.12. The van der Waals surface area contributed by atoms with Crippen LogP contribution in [0.1, 0.15) is 42.7 Å². The SMILES string of the molecule is O=C(O)CCCCC(=O)OCCOCCNC(=O)OCC1c2ccccc2-c2ccccc21. The Hall–Kier alpha value is -3.39. The second kappa shape index (κ2) is 12.6. The third-order valence-electron chi connectivity index (χ3n) is 5.37. The molecule has 2 aromatic rings. The highest BCUT2D eigenvalue weighted by Gasteiger charge is 2.28. The van der Waals surface area contributed by atoms with Crippen LogP contribution < -0.4 is 5.32 Å². The second-order valence-electron chi connectivity index (χ2n) is 7.69. The molecule has 0 spiro atoms. The fourth-order valence-corrected chi connectivity index (χ4v) is 3.81. The Morgan fingerprint density at radius 1 is 0.818 bits per heavy atom. The topological polar surface area (TPSA) is 111 Å². The van der Waals surface area contributed by atoms with E-state index in [-0.39, 0.29) is 57.7 Å².